The minimum atomic E-state index is -1.06. The molecule has 8 heteroatoms. The number of imidazole rings is 1. The Balaban J connectivity index is 1.87. The molecule has 0 bridgehead atoms. The molecule has 1 aromatic rings. The largest absolute Gasteiger partial charge is 0.480 e. The van der Waals surface area contributed by atoms with Gasteiger partial charge in [0.2, 0.25) is 0 Å². The Bertz CT molecular complexity index is 480. The van der Waals surface area contributed by atoms with Gasteiger partial charge < -0.3 is 20.7 Å². The first-order valence-corrected chi connectivity index (χ1v) is 8.19. The van der Waals surface area contributed by atoms with Crippen LogP contribution in [0, 0.1) is 0 Å². The summed E-state index contributed by atoms with van der Waals surface area (Å²) in [7, 11) is 0. The van der Waals surface area contributed by atoms with Gasteiger partial charge in [-0.15, -0.1) is 0 Å². The lowest BCUT2D eigenvalue weighted by Gasteiger charge is -2.21. The van der Waals surface area contributed by atoms with Gasteiger partial charge in [-0.2, -0.15) is 11.8 Å². The van der Waals surface area contributed by atoms with Crippen LogP contribution >= 0.6 is 11.8 Å². The van der Waals surface area contributed by atoms with E-state index in [0.29, 0.717) is 10.9 Å². The minimum Gasteiger partial charge on any atom is -0.480 e. The first-order chi connectivity index (χ1) is 10.1. The predicted octanol–water partition coefficient (Wildman–Crippen LogP) is 0.989. The maximum atomic E-state index is 12.0. The Morgan fingerprint density at radius 2 is 2.38 bits per heavy atom. The maximum Gasteiger partial charge on any atom is 0.326 e. The number of aromatic amines is 1. The predicted molar refractivity (Wildman–Crippen MR) is 80.3 cm³/mol. The monoisotopic (exact) mass is 312 g/mol. The highest BCUT2D eigenvalue weighted by molar-refractivity contribution is 7.99. The molecule has 0 radical (unpaired) electrons. The van der Waals surface area contributed by atoms with Crippen LogP contribution in [-0.4, -0.2) is 50.7 Å². The summed E-state index contributed by atoms with van der Waals surface area (Å²) >= 11 is 1.74. The number of carboxylic acid groups (broad SMARTS) is 1. The van der Waals surface area contributed by atoms with Crippen molar-refractivity contribution in [3.8, 4) is 0 Å². The summed E-state index contributed by atoms with van der Waals surface area (Å²) in [5.41, 5.74) is 0.672. The molecular formula is C13H20N4O3S. The molecule has 4 N–H and O–H groups in total. The standard InChI is InChI=1S/C13H20N4O3S/c1-21-11-4-2-3-9(11)16-13(20)17-10(12(18)19)5-8-6-14-7-15-8/h6-7,9-11H,2-5H2,1H3,(H,14,15)(H,18,19)(H2,16,17,20). The van der Waals surface area contributed by atoms with Crippen LogP contribution in [0.3, 0.4) is 0 Å². The Labute approximate surface area is 127 Å². The van der Waals surface area contributed by atoms with Gasteiger partial charge >= 0.3 is 12.0 Å². The van der Waals surface area contributed by atoms with Gasteiger partial charge in [-0.25, -0.2) is 14.6 Å². The van der Waals surface area contributed by atoms with Crippen LogP contribution < -0.4 is 10.6 Å². The van der Waals surface area contributed by atoms with Crippen LogP contribution in [0.15, 0.2) is 12.5 Å². The van der Waals surface area contributed by atoms with Crippen LogP contribution in [0.25, 0.3) is 0 Å². The Kier molecular flexibility index (Phi) is 5.49. The van der Waals surface area contributed by atoms with Gasteiger partial charge in [-0.3, -0.25) is 0 Å². The molecule has 1 aliphatic rings. The van der Waals surface area contributed by atoms with Crippen molar-refractivity contribution in [3.63, 3.8) is 0 Å². The molecule has 2 amide bonds. The van der Waals surface area contributed by atoms with Crippen molar-refractivity contribution >= 4 is 23.8 Å². The van der Waals surface area contributed by atoms with Crippen LogP contribution in [0.2, 0.25) is 0 Å². The van der Waals surface area contributed by atoms with Crippen molar-refractivity contribution in [2.24, 2.45) is 0 Å². The van der Waals surface area contributed by atoms with Gasteiger partial charge in [0, 0.05) is 29.6 Å². The van der Waals surface area contributed by atoms with E-state index in [2.05, 4.69) is 20.6 Å². The smallest absolute Gasteiger partial charge is 0.326 e. The first-order valence-electron chi connectivity index (χ1n) is 6.90. The minimum absolute atomic E-state index is 0.113. The molecule has 1 heterocycles. The second-order valence-corrected chi connectivity index (χ2v) is 6.18. The van der Waals surface area contributed by atoms with E-state index >= 15 is 0 Å². The van der Waals surface area contributed by atoms with E-state index in [1.54, 1.807) is 18.0 Å². The van der Waals surface area contributed by atoms with Crippen molar-refractivity contribution in [2.45, 2.75) is 43.0 Å². The quantitative estimate of drug-likeness (QED) is 0.626. The third kappa shape index (κ3) is 4.38. The van der Waals surface area contributed by atoms with E-state index in [1.165, 1.54) is 6.33 Å². The number of H-pyrrole nitrogens is 1. The molecule has 3 unspecified atom stereocenters. The second kappa shape index (κ2) is 7.35. The number of hydrogen-bond donors (Lipinski definition) is 4. The summed E-state index contributed by atoms with van der Waals surface area (Å²) in [6, 6.07) is -1.28. The molecule has 21 heavy (non-hydrogen) atoms. The van der Waals surface area contributed by atoms with Crippen molar-refractivity contribution in [3.05, 3.63) is 18.2 Å². The third-order valence-corrected chi connectivity index (χ3v) is 4.82. The number of hydrogen-bond acceptors (Lipinski definition) is 4. The summed E-state index contributed by atoms with van der Waals surface area (Å²) in [4.78, 5) is 29.9. The molecule has 1 saturated carbocycles. The number of nitrogens with zero attached hydrogens (tertiary/aromatic N) is 1. The van der Waals surface area contributed by atoms with Crippen molar-refractivity contribution in [1.82, 2.24) is 20.6 Å². The lowest BCUT2D eigenvalue weighted by Crippen LogP contribution is -2.51. The molecule has 2 rings (SSSR count). The van der Waals surface area contributed by atoms with Crippen molar-refractivity contribution in [1.29, 1.82) is 0 Å². The summed E-state index contributed by atoms with van der Waals surface area (Å²) in [5, 5.41) is 15.0. The van der Waals surface area contributed by atoms with Crippen molar-refractivity contribution in [2.75, 3.05) is 6.26 Å². The number of carbonyl (C=O) groups is 2. The van der Waals surface area contributed by atoms with E-state index in [0.717, 1.165) is 19.3 Å². The molecule has 0 saturated heterocycles. The zero-order valence-electron chi connectivity index (χ0n) is 11.8. The lowest BCUT2D eigenvalue weighted by molar-refractivity contribution is -0.139. The molecule has 0 aliphatic heterocycles. The summed E-state index contributed by atoms with van der Waals surface area (Å²) < 4.78 is 0. The molecular weight excluding hydrogens is 292 g/mol. The normalized spacial score (nSPS) is 22.7. The zero-order valence-corrected chi connectivity index (χ0v) is 12.7. The van der Waals surface area contributed by atoms with Gasteiger partial charge in [-0.05, 0) is 19.1 Å². The fourth-order valence-corrected chi connectivity index (χ4v) is 3.49. The Hall–Kier alpha value is -1.70. The number of carboxylic acids is 1. The van der Waals surface area contributed by atoms with Crippen LogP contribution in [0.5, 0.6) is 0 Å². The highest BCUT2D eigenvalue weighted by Gasteiger charge is 2.29. The van der Waals surface area contributed by atoms with Gasteiger partial charge in [0.05, 0.1) is 6.33 Å². The fraction of sp³-hybridized carbons (Fsp3) is 0.615. The second-order valence-electron chi connectivity index (χ2n) is 5.10. The third-order valence-electron chi connectivity index (χ3n) is 3.65. The average molecular weight is 312 g/mol. The summed E-state index contributed by atoms with van der Waals surface area (Å²) in [5.74, 6) is -1.06. The number of aliphatic carboxylic acids is 1. The molecule has 0 spiro atoms. The van der Waals surface area contributed by atoms with Gasteiger partial charge in [0.1, 0.15) is 6.04 Å². The van der Waals surface area contributed by atoms with Crippen LogP contribution in [0.1, 0.15) is 25.0 Å². The molecule has 3 atom stereocenters. The average Bonchev–Trinajstić information content (AvgIpc) is 3.09. The molecule has 7 nitrogen and oxygen atoms in total. The molecule has 0 aromatic carbocycles. The summed E-state index contributed by atoms with van der Waals surface area (Å²) in [6.07, 6.45) is 8.36. The lowest BCUT2D eigenvalue weighted by atomic mass is 10.1. The molecule has 1 fully saturated rings. The Morgan fingerprint density at radius 3 is 3.00 bits per heavy atom. The number of rotatable bonds is 6. The molecule has 1 aromatic heterocycles. The van der Waals surface area contributed by atoms with E-state index < -0.39 is 18.0 Å². The van der Waals surface area contributed by atoms with E-state index in [9.17, 15) is 14.7 Å². The molecule has 116 valence electrons. The molecule has 1 aliphatic carbocycles. The van der Waals surface area contributed by atoms with Crippen LogP contribution in [0.4, 0.5) is 4.79 Å². The Morgan fingerprint density at radius 1 is 1.57 bits per heavy atom. The zero-order chi connectivity index (χ0) is 15.2. The number of nitrogens with one attached hydrogen (secondary N) is 3. The van der Waals surface area contributed by atoms with E-state index in [1.807, 2.05) is 6.26 Å². The van der Waals surface area contributed by atoms with Gasteiger partial charge in [-0.1, -0.05) is 6.42 Å². The topological polar surface area (TPSA) is 107 Å². The van der Waals surface area contributed by atoms with Gasteiger partial charge in [0.15, 0.2) is 0 Å². The number of urea groups is 1. The SMILES string of the molecule is CSC1CCCC1NC(=O)NC(Cc1cnc[nH]1)C(=O)O. The fourth-order valence-electron chi connectivity index (χ4n) is 2.56. The first kappa shape index (κ1) is 15.7. The van der Waals surface area contributed by atoms with Crippen molar-refractivity contribution < 1.29 is 14.7 Å². The highest BCUT2D eigenvalue weighted by atomic mass is 32.2. The number of amides is 2. The van der Waals surface area contributed by atoms with E-state index in [-0.39, 0.29) is 12.5 Å². The van der Waals surface area contributed by atoms with Crippen LogP contribution in [-0.2, 0) is 11.2 Å². The summed E-state index contributed by atoms with van der Waals surface area (Å²) in [6.45, 7) is 0. The van der Waals surface area contributed by atoms with Gasteiger partial charge in [0.25, 0.3) is 0 Å². The number of aromatic nitrogens is 2. The van der Waals surface area contributed by atoms with E-state index in [4.69, 9.17) is 0 Å². The number of thioether (sulfide) groups is 1. The maximum absolute atomic E-state index is 12.0. The highest BCUT2D eigenvalue weighted by Crippen LogP contribution is 2.28. The number of carbonyl (C=O) groups excluding carboxylic acids is 1.